The van der Waals surface area contributed by atoms with Crippen molar-refractivity contribution in [2.45, 2.75) is 53.6 Å². The number of nitrogens with zero attached hydrogens (tertiary/aromatic N) is 4. The molecule has 57 heavy (non-hydrogen) atoms. The number of allylic oxidation sites excluding steroid dienone is 1. The molecule has 0 bridgehead atoms. The third kappa shape index (κ3) is 8.47. The second kappa shape index (κ2) is 15.8. The zero-order valence-electron chi connectivity index (χ0n) is 32.7. The third-order valence-electron chi connectivity index (χ3n) is 8.88. The summed E-state index contributed by atoms with van der Waals surface area (Å²) in [6.07, 6.45) is 2.73. The Hall–Kier alpha value is -6.63. The van der Waals surface area contributed by atoms with E-state index in [1.807, 2.05) is 0 Å². The number of fused-ring (bicyclic) bond motifs is 1. The summed E-state index contributed by atoms with van der Waals surface area (Å²) in [5.74, 6) is 0.493. The number of nitrogens with two attached hydrogens (primary N) is 1. The molecule has 1 aromatic heterocycles. The highest BCUT2D eigenvalue weighted by molar-refractivity contribution is 6.10. The highest BCUT2D eigenvalue weighted by Crippen LogP contribution is 2.35. The number of pyridine rings is 1. The SMILES string of the molecule is CN=CC(=CN)c1ccc(OC(=O)C(C)(C)C)c(-c2ccc(C#C[C@]3(CN4Cc5ccc(OC)c(F)c5C4=O)NC(=O)N(COC(=O)C(C)(C)C)C3=O)cc2F)n1. The van der Waals surface area contributed by atoms with E-state index in [0.717, 1.165) is 11.0 Å². The second-order valence-corrected chi connectivity index (χ2v) is 15.3. The van der Waals surface area contributed by atoms with Crippen LogP contribution in [0.25, 0.3) is 16.8 Å². The van der Waals surface area contributed by atoms with Gasteiger partial charge in [0.05, 0.1) is 35.7 Å². The number of amides is 4. The molecule has 2 aliphatic heterocycles. The van der Waals surface area contributed by atoms with E-state index < -0.39 is 71.1 Å². The highest BCUT2D eigenvalue weighted by atomic mass is 19.1. The second-order valence-electron chi connectivity index (χ2n) is 15.3. The number of nitrogens with one attached hydrogen (secondary N) is 1. The van der Waals surface area contributed by atoms with E-state index in [1.54, 1.807) is 47.6 Å². The van der Waals surface area contributed by atoms with Crippen LogP contribution in [0.15, 0.2) is 53.7 Å². The van der Waals surface area contributed by atoms with Crippen LogP contribution in [0.2, 0.25) is 0 Å². The van der Waals surface area contributed by atoms with Gasteiger partial charge in [0.15, 0.2) is 24.0 Å². The molecule has 0 radical (unpaired) electrons. The molecule has 0 unspecified atom stereocenters. The Balaban J connectivity index is 1.55. The van der Waals surface area contributed by atoms with Gasteiger partial charge in [-0.05, 0) is 83.5 Å². The maximum atomic E-state index is 16.1. The minimum atomic E-state index is -2.14. The number of rotatable bonds is 9. The summed E-state index contributed by atoms with van der Waals surface area (Å²) in [6.45, 7) is 8.31. The van der Waals surface area contributed by atoms with E-state index in [0.29, 0.717) is 21.7 Å². The number of ether oxygens (including phenoxy) is 3. The molecule has 3 heterocycles. The number of carbonyl (C=O) groups excluding carboxylic acids is 5. The monoisotopic (exact) mass is 784 g/mol. The van der Waals surface area contributed by atoms with Crippen molar-refractivity contribution in [3.63, 3.8) is 0 Å². The van der Waals surface area contributed by atoms with E-state index in [1.165, 1.54) is 56.9 Å². The van der Waals surface area contributed by atoms with E-state index in [4.69, 9.17) is 19.9 Å². The standard InChI is InChI=1S/C41H42F2N6O8/c1-39(2,3)36(52)56-22-49-35(51)41(47-38(49)54,21-48-20-24-10-13-29(55-8)32(43)31(24)34(48)50)16-15-23-9-11-26(27(42)17-23)33-30(57-37(53)40(4,5)6)14-12-28(46-33)25(18-44)19-45-7/h9-14,17-19H,20-22,44H2,1-8H3,(H,47,54)/t41-/m1/s1. The molecule has 4 amide bonds. The molecular weight excluding hydrogens is 742 g/mol. The van der Waals surface area contributed by atoms with Crippen LogP contribution in [0.3, 0.4) is 0 Å². The Kier molecular flexibility index (Phi) is 11.5. The van der Waals surface area contributed by atoms with Gasteiger partial charge in [0, 0.05) is 42.7 Å². The minimum Gasteiger partial charge on any atom is -0.494 e. The fourth-order valence-electron chi connectivity index (χ4n) is 5.71. The van der Waals surface area contributed by atoms with Crippen molar-refractivity contribution in [1.82, 2.24) is 20.1 Å². The molecule has 16 heteroatoms. The van der Waals surface area contributed by atoms with Crippen LogP contribution in [-0.4, -0.2) is 83.8 Å². The summed E-state index contributed by atoms with van der Waals surface area (Å²) in [4.78, 5) is 76.6. The number of benzene rings is 2. The normalized spacial score (nSPS) is 17.0. The summed E-state index contributed by atoms with van der Waals surface area (Å²) < 4.78 is 47.3. The number of esters is 2. The predicted molar refractivity (Wildman–Crippen MR) is 204 cm³/mol. The van der Waals surface area contributed by atoms with Crippen LogP contribution >= 0.6 is 0 Å². The lowest BCUT2D eigenvalue weighted by atomic mass is 9.97. The molecule has 2 aromatic carbocycles. The van der Waals surface area contributed by atoms with Gasteiger partial charge in [-0.3, -0.25) is 24.2 Å². The first kappa shape index (κ1) is 41.5. The lowest BCUT2D eigenvalue weighted by molar-refractivity contribution is -0.158. The zero-order chi connectivity index (χ0) is 42.0. The number of hydrogen-bond donors (Lipinski definition) is 2. The molecule has 3 aromatic rings. The average molecular weight is 785 g/mol. The van der Waals surface area contributed by atoms with Crippen LogP contribution in [0, 0.1) is 34.3 Å². The lowest BCUT2D eigenvalue weighted by Gasteiger charge is -2.27. The smallest absolute Gasteiger partial charge is 0.328 e. The fourth-order valence-corrected chi connectivity index (χ4v) is 5.71. The maximum Gasteiger partial charge on any atom is 0.328 e. The van der Waals surface area contributed by atoms with Crippen molar-refractivity contribution < 1.29 is 47.0 Å². The molecule has 1 atom stereocenters. The summed E-state index contributed by atoms with van der Waals surface area (Å²) in [5.41, 5.74) is 2.49. The van der Waals surface area contributed by atoms with Crippen molar-refractivity contribution in [1.29, 1.82) is 0 Å². The number of urea groups is 1. The zero-order valence-corrected chi connectivity index (χ0v) is 32.7. The van der Waals surface area contributed by atoms with Crippen molar-refractivity contribution >= 4 is 41.6 Å². The molecule has 1 saturated heterocycles. The van der Waals surface area contributed by atoms with Gasteiger partial charge >= 0.3 is 18.0 Å². The van der Waals surface area contributed by atoms with Gasteiger partial charge in [-0.1, -0.05) is 17.9 Å². The molecule has 0 saturated carbocycles. The van der Waals surface area contributed by atoms with Crippen molar-refractivity contribution in [2.24, 2.45) is 21.6 Å². The average Bonchev–Trinajstić information content (AvgIpc) is 3.58. The highest BCUT2D eigenvalue weighted by Gasteiger charge is 2.53. The molecular formula is C41H42F2N6O8. The maximum absolute atomic E-state index is 16.1. The largest absolute Gasteiger partial charge is 0.494 e. The summed E-state index contributed by atoms with van der Waals surface area (Å²) in [5, 5.41) is 2.52. The van der Waals surface area contributed by atoms with E-state index in [-0.39, 0.29) is 40.4 Å². The number of hydrogen-bond acceptors (Lipinski definition) is 11. The summed E-state index contributed by atoms with van der Waals surface area (Å²) in [6, 6.07) is 8.71. The molecule has 0 spiro atoms. The molecule has 3 N–H and O–H groups in total. The number of imide groups is 1. The Bertz CT molecular complexity index is 2300. The van der Waals surface area contributed by atoms with Crippen LogP contribution < -0.4 is 20.5 Å². The summed E-state index contributed by atoms with van der Waals surface area (Å²) >= 11 is 0. The van der Waals surface area contributed by atoms with Crippen LogP contribution in [0.1, 0.15) is 68.7 Å². The van der Waals surface area contributed by atoms with E-state index >= 15 is 8.78 Å². The number of aliphatic imine (C=N–C) groups is 1. The lowest BCUT2D eigenvalue weighted by Crippen LogP contribution is -2.54. The van der Waals surface area contributed by atoms with Gasteiger partial charge in [0.1, 0.15) is 11.5 Å². The molecule has 0 aliphatic carbocycles. The first-order valence-corrected chi connectivity index (χ1v) is 17.6. The Morgan fingerprint density at radius 1 is 1.02 bits per heavy atom. The van der Waals surface area contributed by atoms with Gasteiger partial charge in [-0.15, -0.1) is 0 Å². The predicted octanol–water partition coefficient (Wildman–Crippen LogP) is 4.83. The third-order valence-corrected chi connectivity index (χ3v) is 8.88. The number of carbonyl (C=O) groups is 5. The van der Waals surface area contributed by atoms with Gasteiger partial charge in [-0.25, -0.2) is 23.5 Å². The van der Waals surface area contributed by atoms with Crippen molar-refractivity contribution in [3.8, 4) is 34.6 Å². The number of aromatic nitrogens is 1. The van der Waals surface area contributed by atoms with Crippen LogP contribution in [-0.2, 0) is 25.7 Å². The van der Waals surface area contributed by atoms with Gasteiger partial charge < -0.3 is 30.2 Å². The Labute approximate surface area is 328 Å². The van der Waals surface area contributed by atoms with E-state index in [2.05, 4.69) is 27.1 Å². The Morgan fingerprint density at radius 3 is 2.32 bits per heavy atom. The Morgan fingerprint density at radius 2 is 1.70 bits per heavy atom. The quantitative estimate of drug-likeness (QED) is 0.132. The fraction of sp³-hybridized carbons (Fsp3) is 0.341. The van der Waals surface area contributed by atoms with Gasteiger partial charge in [0.2, 0.25) is 5.54 Å². The molecule has 14 nitrogen and oxygen atoms in total. The van der Waals surface area contributed by atoms with Crippen LogP contribution in [0.4, 0.5) is 13.6 Å². The molecule has 1 fully saturated rings. The van der Waals surface area contributed by atoms with Gasteiger partial charge in [-0.2, -0.15) is 0 Å². The minimum absolute atomic E-state index is 0.0305. The topological polar surface area (TPSA) is 183 Å². The first-order chi connectivity index (χ1) is 26.7. The van der Waals surface area contributed by atoms with Gasteiger partial charge in [0.25, 0.3) is 11.8 Å². The van der Waals surface area contributed by atoms with Crippen molar-refractivity contribution in [2.75, 3.05) is 27.4 Å². The molecule has 298 valence electrons. The van der Waals surface area contributed by atoms with Crippen molar-refractivity contribution in [3.05, 3.63) is 82.7 Å². The van der Waals surface area contributed by atoms with Crippen LogP contribution in [0.5, 0.6) is 11.5 Å². The molecule has 2 aliphatic rings. The molecule has 5 rings (SSSR count). The first-order valence-electron chi connectivity index (χ1n) is 17.6. The van der Waals surface area contributed by atoms with E-state index in [9.17, 15) is 24.0 Å². The number of halogens is 2. The summed E-state index contributed by atoms with van der Waals surface area (Å²) in [7, 11) is 2.79. The number of methoxy groups -OCH3 is 1.